The summed E-state index contributed by atoms with van der Waals surface area (Å²) in [6, 6.07) is 8.64. The number of fused-ring (bicyclic) bond motifs is 1. The first-order valence-electron chi connectivity index (χ1n) is 7.36. The molecule has 5 heteroatoms. The molecule has 0 fully saturated rings. The maximum atomic E-state index is 6.30. The molecule has 0 atom stereocenters. The normalized spacial score (nSPS) is 14.5. The standard InChI is InChI=1S/C16H19ClN4/c1-2-18-16-19-11-14(17)15(20-16)21-9-7-12-5-3-4-6-13(12)8-10-21/h3-6,11H,2,7-10H2,1H3,(H,18,19,20). The second-order valence-electron chi connectivity index (χ2n) is 5.15. The summed E-state index contributed by atoms with van der Waals surface area (Å²) in [5, 5.41) is 3.75. The molecule has 0 radical (unpaired) electrons. The lowest BCUT2D eigenvalue weighted by atomic mass is 10.0. The smallest absolute Gasteiger partial charge is 0.224 e. The molecule has 1 aliphatic rings. The number of nitrogens with one attached hydrogen (secondary N) is 1. The number of anilines is 2. The van der Waals surface area contributed by atoms with E-state index >= 15 is 0 Å². The Morgan fingerprint density at radius 2 is 1.86 bits per heavy atom. The summed E-state index contributed by atoms with van der Waals surface area (Å²) in [7, 11) is 0. The number of rotatable bonds is 3. The summed E-state index contributed by atoms with van der Waals surface area (Å²) in [6.45, 7) is 4.69. The van der Waals surface area contributed by atoms with E-state index in [2.05, 4.69) is 44.5 Å². The van der Waals surface area contributed by atoms with E-state index in [0.29, 0.717) is 11.0 Å². The highest BCUT2D eigenvalue weighted by Crippen LogP contribution is 2.26. The molecule has 2 heterocycles. The fraction of sp³-hybridized carbons (Fsp3) is 0.375. The van der Waals surface area contributed by atoms with Gasteiger partial charge in [-0.25, -0.2) is 4.98 Å². The van der Waals surface area contributed by atoms with Crippen LogP contribution in [0.2, 0.25) is 5.02 Å². The maximum absolute atomic E-state index is 6.30. The minimum Gasteiger partial charge on any atom is -0.355 e. The highest BCUT2D eigenvalue weighted by atomic mass is 35.5. The van der Waals surface area contributed by atoms with Crippen LogP contribution in [-0.2, 0) is 12.8 Å². The minimum atomic E-state index is 0.614. The Balaban J connectivity index is 1.84. The van der Waals surface area contributed by atoms with Gasteiger partial charge in [-0.05, 0) is 30.9 Å². The van der Waals surface area contributed by atoms with Gasteiger partial charge in [0.05, 0.1) is 6.20 Å². The van der Waals surface area contributed by atoms with Gasteiger partial charge in [0, 0.05) is 19.6 Å². The summed E-state index contributed by atoms with van der Waals surface area (Å²) in [6.07, 6.45) is 3.72. The molecule has 0 unspecified atom stereocenters. The predicted octanol–water partition coefficient (Wildman–Crippen LogP) is 3.17. The molecule has 0 bridgehead atoms. The van der Waals surface area contributed by atoms with Crippen molar-refractivity contribution < 1.29 is 0 Å². The van der Waals surface area contributed by atoms with Crippen LogP contribution in [0.4, 0.5) is 11.8 Å². The number of halogens is 1. The quantitative estimate of drug-likeness (QED) is 0.945. The molecule has 0 aliphatic carbocycles. The van der Waals surface area contributed by atoms with Crippen molar-refractivity contribution in [1.29, 1.82) is 0 Å². The third-order valence-corrected chi connectivity index (χ3v) is 4.05. The topological polar surface area (TPSA) is 41.1 Å². The first kappa shape index (κ1) is 14.1. The largest absolute Gasteiger partial charge is 0.355 e. The third kappa shape index (κ3) is 3.10. The van der Waals surface area contributed by atoms with Crippen LogP contribution in [0.15, 0.2) is 30.5 Å². The van der Waals surface area contributed by atoms with Crippen LogP contribution in [0.5, 0.6) is 0 Å². The van der Waals surface area contributed by atoms with Crippen molar-refractivity contribution in [2.75, 3.05) is 29.9 Å². The molecule has 1 aliphatic heterocycles. The van der Waals surface area contributed by atoms with Gasteiger partial charge in [-0.1, -0.05) is 35.9 Å². The average molecular weight is 303 g/mol. The zero-order valence-corrected chi connectivity index (χ0v) is 12.9. The van der Waals surface area contributed by atoms with Gasteiger partial charge in [-0.2, -0.15) is 4.98 Å². The lowest BCUT2D eigenvalue weighted by Crippen LogP contribution is -2.27. The van der Waals surface area contributed by atoms with Crippen molar-refractivity contribution in [2.45, 2.75) is 19.8 Å². The second-order valence-corrected chi connectivity index (χ2v) is 5.56. The maximum Gasteiger partial charge on any atom is 0.224 e. The van der Waals surface area contributed by atoms with Crippen LogP contribution in [0.25, 0.3) is 0 Å². The van der Waals surface area contributed by atoms with Gasteiger partial charge >= 0.3 is 0 Å². The van der Waals surface area contributed by atoms with Crippen LogP contribution in [0.3, 0.4) is 0 Å². The van der Waals surface area contributed by atoms with Crippen molar-refractivity contribution in [2.24, 2.45) is 0 Å². The number of nitrogens with zero attached hydrogens (tertiary/aromatic N) is 3. The van der Waals surface area contributed by atoms with Crippen LogP contribution in [0, 0.1) is 0 Å². The van der Waals surface area contributed by atoms with Gasteiger partial charge in [-0.15, -0.1) is 0 Å². The molecule has 1 aromatic heterocycles. The SMILES string of the molecule is CCNc1ncc(Cl)c(N2CCc3ccccc3CC2)n1. The van der Waals surface area contributed by atoms with E-state index in [1.807, 2.05) is 6.92 Å². The minimum absolute atomic E-state index is 0.614. The number of benzene rings is 1. The highest BCUT2D eigenvalue weighted by Gasteiger charge is 2.18. The van der Waals surface area contributed by atoms with Gasteiger partial charge in [0.25, 0.3) is 0 Å². The molecule has 3 rings (SSSR count). The lowest BCUT2D eigenvalue weighted by Gasteiger charge is -2.22. The van der Waals surface area contributed by atoms with Gasteiger partial charge in [0.1, 0.15) is 5.02 Å². The molecule has 4 nitrogen and oxygen atoms in total. The number of aromatic nitrogens is 2. The van der Waals surface area contributed by atoms with Gasteiger partial charge in [-0.3, -0.25) is 0 Å². The van der Waals surface area contributed by atoms with E-state index in [9.17, 15) is 0 Å². The number of hydrogen-bond donors (Lipinski definition) is 1. The molecule has 0 amide bonds. The van der Waals surface area contributed by atoms with E-state index in [-0.39, 0.29) is 0 Å². The summed E-state index contributed by atoms with van der Waals surface area (Å²) in [4.78, 5) is 11.0. The molecular weight excluding hydrogens is 284 g/mol. The average Bonchev–Trinajstić information content (AvgIpc) is 2.72. The first-order valence-corrected chi connectivity index (χ1v) is 7.74. The van der Waals surface area contributed by atoms with Gasteiger partial charge < -0.3 is 10.2 Å². The van der Waals surface area contributed by atoms with E-state index in [1.165, 1.54) is 11.1 Å². The molecule has 0 saturated heterocycles. The Labute approximate surface area is 130 Å². The zero-order valence-electron chi connectivity index (χ0n) is 12.1. The molecule has 21 heavy (non-hydrogen) atoms. The Morgan fingerprint density at radius 1 is 1.19 bits per heavy atom. The van der Waals surface area contributed by atoms with E-state index in [1.54, 1.807) is 6.20 Å². The molecule has 0 saturated carbocycles. The van der Waals surface area contributed by atoms with Crippen molar-refractivity contribution >= 4 is 23.4 Å². The van der Waals surface area contributed by atoms with E-state index < -0.39 is 0 Å². The second kappa shape index (κ2) is 6.31. The third-order valence-electron chi connectivity index (χ3n) is 3.78. The molecular formula is C16H19ClN4. The Morgan fingerprint density at radius 3 is 2.48 bits per heavy atom. The van der Waals surface area contributed by atoms with E-state index in [4.69, 9.17) is 11.6 Å². The van der Waals surface area contributed by atoms with Crippen molar-refractivity contribution in [3.05, 3.63) is 46.6 Å². The highest BCUT2D eigenvalue weighted by molar-refractivity contribution is 6.32. The Kier molecular flexibility index (Phi) is 4.25. The van der Waals surface area contributed by atoms with E-state index in [0.717, 1.165) is 38.3 Å². The van der Waals surface area contributed by atoms with Crippen LogP contribution in [-0.4, -0.2) is 29.6 Å². The first-order chi connectivity index (χ1) is 10.3. The molecule has 110 valence electrons. The molecule has 0 spiro atoms. The number of hydrogen-bond acceptors (Lipinski definition) is 4. The summed E-state index contributed by atoms with van der Waals surface area (Å²) in [5.41, 5.74) is 2.86. The summed E-state index contributed by atoms with van der Waals surface area (Å²) < 4.78 is 0. The monoisotopic (exact) mass is 302 g/mol. The Bertz CT molecular complexity index is 602. The van der Waals surface area contributed by atoms with Gasteiger partial charge in [0.15, 0.2) is 5.82 Å². The van der Waals surface area contributed by atoms with Crippen LogP contribution < -0.4 is 10.2 Å². The van der Waals surface area contributed by atoms with Gasteiger partial charge in [0.2, 0.25) is 5.95 Å². The summed E-state index contributed by atoms with van der Waals surface area (Å²) >= 11 is 6.30. The van der Waals surface area contributed by atoms with Crippen LogP contribution in [0.1, 0.15) is 18.1 Å². The zero-order chi connectivity index (χ0) is 14.7. The Hall–Kier alpha value is -1.81. The summed E-state index contributed by atoms with van der Waals surface area (Å²) in [5.74, 6) is 1.47. The lowest BCUT2D eigenvalue weighted by molar-refractivity contribution is 0.788. The van der Waals surface area contributed by atoms with Crippen LogP contribution >= 0.6 is 11.6 Å². The van der Waals surface area contributed by atoms with Crippen molar-refractivity contribution in [3.63, 3.8) is 0 Å². The molecule has 2 aromatic rings. The molecule has 1 aromatic carbocycles. The van der Waals surface area contributed by atoms with Crippen molar-refractivity contribution in [1.82, 2.24) is 9.97 Å². The fourth-order valence-corrected chi connectivity index (χ4v) is 2.91. The van der Waals surface area contributed by atoms with Crippen molar-refractivity contribution in [3.8, 4) is 0 Å². The molecule has 1 N–H and O–H groups in total. The fourth-order valence-electron chi connectivity index (χ4n) is 2.70. The predicted molar refractivity (Wildman–Crippen MR) is 87.3 cm³/mol.